The molecule has 0 aromatic heterocycles. The van der Waals surface area contributed by atoms with Gasteiger partial charge in [0.1, 0.15) is 12.1 Å². The first-order valence-electron chi connectivity index (χ1n) is 7.75. The van der Waals surface area contributed by atoms with Crippen molar-refractivity contribution in [3.05, 3.63) is 33.4 Å². The zero-order valence-corrected chi connectivity index (χ0v) is 17.0. The van der Waals surface area contributed by atoms with Gasteiger partial charge in [-0.1, -0.05) is 12.1 Å². The van der Waals surface area contributed by atoms with Crippen LogP contribution in [0.15, 0.2) is 24.3 Å². The summed E-state index contributed by atoms with van der Waals surface area (Å²) in [6, 6.07) is 4.09. The Bertz CT molecular complexity index is 684. The molecular formula is C16H19IN2O7S. The third-order valence-corrected chi connectivity index (χ3v) is 5.15. The van der Waals surface area contributed by atoms with E-state index in [1.54, 1.807) is 0 Å². The molecule has 0 unspecified atom stereocenters. The smallest absolute Gasteiger partial charge is 0.327 e. The fourth-order valence-corrected chi connectivity index (χ4v) is 3.30. The van der Waals surface area contributed by atoms with Gasteiger partial charge < -0.3 is 26.0 Å². The molecule has 11 heteroatoms. The van der Waals surface area contributed by atoms with Gasteiger partial charge in [0, 0.05) is 21.5 Å². The third kappa shape index (κ3) is 9.47. The largest absolute Gasteiger partial charge is 0.481 e. The Morgan fingerprint density at radius 2 is 1.52 bits per heavy atom. The van der Waals surface area contributed by atoms with Gasteiger partial charge in [0.25, 0.3) is 0 Å². The second-order valence-electron chi connectivity index (χ2n) is 5.47. The van der Waals surface area contributed by atoms with E-state index in [0.29, 0.717) is 5.75 Å². The molecule has 0 saturated carbocycles. The van der Waals surface area contributed by atoms with Crippen LogP contribution in [0.2, 0.25) is 0 Å². The van der Waals surface area contributed by atoms with Crippen LogP contribution >= 0.6 is 34.4 Å². The van der Waals surface area contributed by atoms with Gasteiger partial charge in [0.15, 0.2) is 0 Å². The summed E-state index contributed by atoms with van der Waals surface area (Å²) >= 11 is 3.49. The molecule has 1 rings (SSSR count). The predicted octanol–water partition coefficient (Wildman–Crippen LogP) is 1.59. The van der Waals surface area contributed by atoms with Gasteiger partial charge in [-0.25, -0.2) is 14.4 Å². The topological polar surface area (TPSA) is 153 Å². The molecule has 0 radical (unpaired) electrons. The summed E-state index contributed by atoms with van der Waals surface area (Å²) in [6.07, 6.45) is -0.747. The minimum atomic E-state index is -1.42. The lowest BCUT2D eigenvalue weighted by molar-refractivity contribution is -0.140. The molecule has 0 heterocycles. The summed E-state index contributed by atoms with van der Waals surface area (Å²) in [7, 11) is 0. The van der Waals surface area contributed by atoms with Gasteiger partial charge in [-0.15, -0.1) is 0 Å². The van der Waals surface area contributed by atoms with Gasteiger partial charge in [-0.3, -0.25) is 4.79 Å². The summed E-state index contributed by atoms with van der Waals surface area (Å²) in [5.41, 5.74) is 1.01. The lowest BCUT2D eigenvalue weighted by atomic mass is 10.1. The first kappa shape index (κ1) is 23.0. The van der Waals surface area contributed by atoms with Crippen LogP contribution in [0.4, 0.5) is 4.79 Å². The van der Waals surface area contributed by atoms with Gasteiger partial charge in [-0.05, 0) is 46.7 Å². The van der Waals surface area contributed by atoms with Crippen molar-refractivity contribution in [3.63, 3.8) is 0 Å². The second-order valence-corrected chi connectivity index (χ2v) is 7.75. The minimum absolute atomic E-state index is 0.0849. The number of halogens is 1. The molecule has 0 fully saturated rings. The number of benzene rings is 1. The van der Waals surface area contributed by atoms with Gasteiger partial charge in [-0.2, -0.15) is 11.8 Å². The van der Waals surface area contributed by atoms with E-state index in [-0.39, 0.29) is 12.2 Å². The Labute approximate surface area is 173 Å². The second kappa shape index (κ2) is 11.6. The molecule has 2 amide bonds. The van der Waals surface area contributed by atoms with Crippen molar-refractivity contribution < 1.29 is 34.5 Å². The molecule has 5 N–H and O–H groups in total. The number of carbonyl (C=O) groups is 4. The number of carboxylic acids is 3. The van der Waals surface area contributed by atoms with Crippen molar-refractivity contribution in [1.29, 1.82) is 0 Å². The van der Waals surface area contributed by atoms with Gasteiger partial charge in [0.05, 0.1) is 0 Å². The zero-order chi connectivity index (χ0) is 20.4. The summed E-state index contributed by atoms with van der Waals surface area (Å²) in [5.74, 6) is -3.20. The molecule has 0 saturated heterocycles. The molecule has 27 heavy (non-hydrogen) atoms. The molecule has 0 spiro atoms. The summed E-state index contributed by atoms with van der Waals surface area (Å²) in [5, 5.41) is 31.1. The van der Waals surface area contributed by atoms with Crippen molar-refractivity contribution in [3.8, 4) is 0 Å². The number of hydrogen-bond donors (Lipinski definition) is 5. The van der Waals surface area contributed by atoms with Crippen molar-refractivity contribution in [2.45, 2.75) is 30.7 Å². The van der Waals surface area contributed by atoms with Crippen LogP contribution < -0.4 is 10.6 Å². The number of hydrogen-bond acceptors (Lipinski definition) is 5. The van der Waals surface area contributed by atoms with E-state index in [2.05, 4.69) is 33.2 Å². The quantitative estimate of drug-likeness (QED) is 0.283. The summed E-state index contributed by atoms with van der Waals surface area (Å²) in [4.78, 5) is 44.8. The number of aliphatic carboxylic acids is 3. The SMILES string of the molecule is O=C(O)CC[C@H](NC(=O)N[C@@H](CSCc1ccc([125I])cc1)C(=O)O)C(=O)O. The first-order valence-corrected chi connectivity index (χ1v) is 9.99. The van der Waals surface area contributed by atoms with Crippen LogP contribution in [0.3, 0.4) is 0 Å². The first-order chi connectivity index (χ1) is 12.7. The monoisotopic (exact) mass is 508 g/mol. The molecule has 148 valence electrons. The maximum absolute atomic E-state index is 11.9. The van der Waals surface area contributed by atoms with Crippen molar-refractivity contribution >= 4 is 58.3 Å². The average Bonchev–Trinajstić information content (AvgIpc) is 2.58. The van der Waals surface area contributed by atoms with Crippen molar-refractivity contribution in [2.75, 3.05) is 5.75 Å². The highest BCUT2D eigenvalue weighted by molar-refractivity contribution is 14.1. The van der Waals surface area contributed by atoms with E-state index in [1.165, 1.54) is 11.8 Å². The molecular weight excluding hydrogens is 489 g/mol. The number of carboxylic acid groups (broad SMARTS) is 3. The predicted molar refractivity (Wildman–Crippen MR) is 107 cm³/mol. The molecule has 0 aliphatic carbocycles. The lowest BCUT2D eigenvalue weighted by Crippen LogP contribution is -2.52. The maximum Gasteiger partial charge on any atom is 0.327 e. The van der Waals surface area contributed by atoms with Crippen LogP contribution in [0.1, 0.15) is 18.4 Å². The summed E-state index contributed by atoms with van der Waals surface area (Å²) in [6.45, 7) is 0. The number of nitrogens with one attached hydrogen (secondary N) is 2. The fourth-order valence-electron chi connectivity index (χ4n) is 1.93. The Morgan fingerprint density at radius 3 is 2.04 bits per heavy atom. The molecule has 0 aliphatic heterocycles. The molecule has 0 bridgehead atoms. The Morgan fingerprint density at radius 1 is 0.963 bits per heavy atom. The van der Waals surface area contributed by atoms with E-state index in [9.17, 15) is 24.3 Å². The third-order valence-electron chi connectivity index (χ3n) is 3.32. The van der Waals surface area contributed by atoms with E-state index >= 15 is 0 Å². The number of rotatable bonds is 11. The van der Waals surface area contributed by atoms with Crippen LogP contribution in [0.25, 0.3) is 0 Å². The highest BCUT2D eigenvalue weighted by Crippen LogP contribution is 2.15. The fraction of sp³-hybridized carbons (Fsp3) is 0.375. The lowest BCUT2D eigenvalue weighted by Gasteiger charge is -2.18. The zero-order valence-electron chi connectivity index (χ0n) is 14.1. The Hall–Kier alpha value is -2.02. The van der Waals surface area contributed by atoms with Crippen molar-refractivity contribution in [2.24, 2.45) is 0 Å². The number of urea groups is 1. The van der Waals surface area contributed by atoms with Crippen LogP contribution in [-0.4, -0.2) is 57.1 Å². The molecule has 1 aromatic carbocycles. The van der Waals surface area contributed by atoms with Gasteiger partial charge >= 0.3 is 23.9 Å². The van der Waals surface area contributed by atoms with Crippen LogP contribution in [0, 0.1) is 3.57 Å². The highest BCUT2D eigenvalue weighted by Gasteiger charge is 2.24. The van der Waals surface area contributed by atoms with Gasteiger partial charge in [0.2, 0.25) is 0 Å². The van der Waals surface area contributed by atoms with E-state index in [0.717, 1.165) is 9.13 Å². The van der Waals surface area contributed by atoms with Crippen LogP contribution in [0.5, 0.6) is 0 Å². The molecule has 1 aromatic rings. The Balaban J connectivity index is 2.52. The molecule has 2 atom stereocenters. The average molecular weight is 508 g/mol. The Kier molecular flexibility index (Phi) is 9.93. The van der Waals surface area contributed by atoms with Crippen molar-refractivity contribution in [1.82, 2.24) is 10.6 Å². The van der Waals surface area contributed by atoms with E-state index in [4.69, 9.17) is 10.2 Å². The highest BCUT2D eigenvalue weighted by atomic mass is 125. The normalized spacial score (nSPS) is 12.6. The maximum atomic E-state index is 11.9. The number of carbonyl (C=O) groups excluding carboxylic acids is 1. The molecule has 0 aliphatic rings. The van der Waals surface area contributed by atoms with E-state index < -0.39 is 42.4 Å². The van der Waals surface area contributed by atoms with Crippen LogP contribution in [-0.2, 0) is 20.1 Å². The number of amides is 2. The minimum Gasteiger partial charge on any atom is -0.481 e. The number of thioether (sulfide) groups is 1. The standard InChI is InChI=1S/C16H19IN2O7S/c17-10-3-1-9(2-4-10)7-27-8-12(15(24)25)19-16(26)18-11(14(22)23)5-6-13(20)21/h1-4,11-12H,5-8H2,(H,20,21)(H,22,23)(H,24,25)(H2,18,19,26)/t11-,12-/m0/s1/i17-2. The summed E-state index contributed by atoms with van der Waals surface area (Å²) < 4.78 is 1.08. The molecule has 9 nitrogen and oxygen atoms in total. The van der Waals surface area contributed by atoms with E-state index in [1.807, 2.05) is 24.3 Å².